The van der Waals surface area contributed by atoms with Crippen LogP contribution in [0.1, 0.15) is 10.4 Å². The molecule has 1 aromatic carbocycles. The molecule has 0 aliphatic carbocycles. The van der Waals surface area contributed by atoms with Crippen molar-refractivity contribution >= 4 is 28.8 Å². The van der Waals surface area contributed by atoms with Gasteiger partial charge in [-0.15, -0.1) is 10.2 Å². The van der Waals surface area contributed by atoms with Crippen molar-refractivity contribution in [1.82, 2.24) is 29.8 Å². The van der Waals surface area contributed by atoms with Gasteiger partial charge >= 0.3 is 0 Å². The molecule has 150 valence electrons. The summed E-state index contributed by atoms with van der Waals surface area (Å²) in [5.41, 5.74) is 4.26. The van der Waals surface area contributed by atoms with Crippen molar-refractivity contribution in [3.63, 3.8) is 0 Å². The summed E-state index contributed by atoms with van der Waals surface area (Å²) in [6.45, 7) is 0. The summed E-state index contributed by atoms with van der Waals surface area (Å²) in [4.78, 5) is 20.3. The lowest BCUT2D eigenvalue weighted by atomic mass is 10.1. The molecule has 31 heavy (non-hydrogen) atoms. The van der Waals surface area contributed by atoms with E-state index >= 15 is 0 Å². The summed E-state index contributed by atoms with van der Waals surface area (Å²) in [5.74, 6) is 0.377. The molecule has 0 fully saturated rings. The smallest absolute Gasteiger partial charge is 0.257 e. The van der Waals surface area contributed by atoms with Gasteiger partial charge in [0, 0.05) is 35.4 Å². The minimum absolute atomic E-state index is 0.261. The second kappa shape index (κ2) is 7.92. The largest absolute Gasteiger partial charge is 0.322 e. The highest BCUT2D eigenvalue weighted by atomic mass is 35.5. The number of hydrogen-bond acceptors (Lipinski definition) is 6. The molecule has 1 N–H and O–H groups in total. The molecule has 0 aliphatic rings. The third kappa shape index (κ3) is 3.84. The Hall–Kier alpha value is -4.17. The van der Waals surface area contributed by atoms with E-state index in [1.165, 1.54) is 6.20 Å². The predicted octanol–water partition coefficient (Wildman–Crippen LogP) is 4.15. The first-order chi connectivity index (χ1) is 15.2. The number of carbonyl (C=O) groups is 1. The van der Waals surface area contributed by atoms with E-state index in [9.17, 15) is 4.79 Å². The van der Waals surface area contributed by atoms with Crippen LogP contribution < -0.4 is 5.32 Å². The highest BCUT2D eigenvalue weighted by Gasteiger charge is 2.11. The second-order valence-electron chi connectivity index (χ2n) is 6.65. The van der Waals surface area contributed by atoms with Crippen LogP contribution in [-0.2, 0) is 0 Å². The highest BCUT2D eigenvalue weighted by molar-refractivity contribution is 6.29. The fraction of sp³-hybridized carbons (Fsp3) is 0. The van der Waals surface area contributed by atoms with Crippen LogP contribution in [-0.4, -0.2) is 35.7 Å². The van der Waals surface area contributed by atoms with Gasteiger partial charge in [0.2, 0.25) is 0 Å². The number of anilines is 1. The molecule has 0 saturated heterocycles. The first kappa shape index (κ1) is 18.8. The Morgan fingerprint density at radius 1 is 0.871 bits per heavy atom. The number of benzene rings is 1. The van der Waals surface area contributed by atoms with E-state index in [-0.39, 0.29) is 5.91 Å². The van der Waals surface area contributed by atoms with Gasteiger partial charge in [-0.1, -0.05) is 23.7 Å². The van der Waals surface area contributed by atoms with Gasteiger partial charge in [0.1, 0.15) is 5.15 Å². The fourth-order valence-electron chi connectivity index (χ4n) is 3.06. The molecule has 0 bridgehead atoms. The maximum Gasteiger partial charge on any atom is 0.257 e. The number of carbonyl (C=O) groups excluding carboxylic acids is 1. The van der Waals surface area contributed by atoms with E-state index in [0.717, 1.165) is 16.8 Å². The zero-order valence-electron chi connectivity index (χ0n) is 16.0. The third-order valence-electron chi connectivity index (χ3n) is 4.63. The van der Waals surface area contributed by atoms with Crippen LogP contribution in [0.2, 0.25) is 5.15 Å². The van der Waals surface area contributed by atoms with E-state index in [1.54, 1.807) is 29.0 Å². The van der Waals surface area contributed by atoms with Crippen LogP contribution in [0.15, 0.2) is 79.3 Å². The summed E-state index contributed by atoms with van der Waals surface area (Å²) in [5, 5.41) is 16.3. The van der Waals surface area contributed by atoms with Gasteiger partial charge in [-0.3, -0.25) is 9.78 Å². The lowest BCUT2D eigenvalue weighted by Crippen LogP contribution is -2.11. The van der Waals surface area contributed by atoms with E-state index in [0.29, 0.717) is 27.9 Å². The number of halogens is 1. The van der Waals surface area contributed by atoms with Gasteiger partial charge in [-0.2, -0.15) is 9.61 Å². The predicted molar refractivity (Wildman–Crippen MR) is 117 cm³/mol. The molecule has 0 saturated carbocycles. The van der Waals surface area contributed by atoms with Gasteiger partial charge in [-0.25, -0.2) is 4.98 Å². The Labute approximate surface area is 181 Å². The molecule has 4 heterocycles. The summed E-state index contributed by atoms with van der Waals surface area (Å²) in [7, 11) is 0. The Kier molecular flexibility index (Phi) is 4.81. The quantitative estimate of drug-likeness (QED) is 0.432. The Morgan fingerprint density at radius 2 is 1.68 bits per heavy atom. The minimum Gasteiger partial charge on any atom is -0.322 e. The Bertz CT molecular complexity index is 1370. The van der Waals surface area contributed by atoms with Gasteiger partial charge in [-0.05, 0) is 48.5 Å². The van der Waals surface area contributed by atoms with Crippen LogP contribution in [0.4, 0.5) is 5.69 Å². The topological polar surface area (TPSA) is 98.0 Å². The van der Waals surface area contributed by atoms with Crippen LogP contribution in [0.5, 0.6) is 0 Å². The Morgan fingerprint density at radius 3 is 2.42 bits per heavy atom. The van der Waals surface area contributed by atoms with Crippen molar-refractivity contribution in [1.29, 1.82) is 0 Å². The molecule has 0 unspecified atom stereocenters. The summed E-state index contributed by atoms with van der Waals surface area (Å²) in [6.07, 6.45) is 4.84. The second-order valence-corrected chi connectivity index (χ2v) is 7.04. The highest BCUT2D eigenvalue weighted by Crippen LogP contribution is 2.22. The fourth-order valence-corrected chi connectivity index (χ4v) is 3.17. The Balaban J connectivity index is 1.40. The van der Waals surface area contributed by atoms with Crippen molar-refractivity contribution in [2.24, 2.45) is 0 Å². The summed E-state index contributed by atoms with van der Waals surface area (Å²) in [6, 6.07) is 18.1. The van der Waals surface area contributed by atoms with Crippen LogP contribution >= 0.6 is 11.6 Å². The molecule has 0 atom stereocenters. The molecule has 5 rings (SSSR count). The molecular weight excluding hydrogens is 414 g/mol. The van der Waals surface area contributed by atoms with Crippen molar-refractivity contribution in [3.05, 3.63) is 90.0 Å². The SMILES string of the molecule is O=C(Nc1ccc(-c2ccc3nnc(-c4ccncc4)n3n2)cc1)c1ccc(Cl)nc1. The van der Waals surface area contributed by atoms with Gasteiger partial charge in [0.05, 0.1) is 11.3 Å². The molecule has 5 aromatic rings. The van der Waals surface area contributed by atoms with Gasteiger partial charge in [0.15, 0.2) is 11.5 Å². The van der Waals surface area contributed by atoms with Gasteiger partial charge < -0.3 is 5.32 Å². The first-order valence-corrected chi connectivity index (χ1v) is 9.71. The molecular formula is C22H14ClN7O. The number of rotatable bonds is 4. The molecule has 1 amide bonds. The number of hydrogen-bond donors (Lipinski definition) is 1. The molecule has 4 aromatic heterocycles. The summed E-state index contributed by atoms with van der Waals surface area (Å²) < 4.78 is 1.70. The monoisotopic (exact) mass is 427 g/mol. The molecule has 0 radical (unpaired) electrons. The summed E-state index contributed by atoms with van der Waals surface area (Å²) >= 11 is 5.76. The average molecular weight is 428 g/mol. The first-order valence-electron chi connectivity index (χ1n) is 9.33. The van der Waals surface area contributed by atoms with Crippen molar-refractivity contribution in [2.75, 3.05) is 5.32 Å². The van der Waals surface area contributed by atoms with Crippen LogP contribution in [0, 0.1) is 0 Å². The standard InChI is InChI=1S/C22H14ClN7O/c23-19-7-3-16(13-25-19)22(31)26-17-4-1-14(2-5-17)18-6-8-20-27-28-21(30(20)29-18)15-9-11-24-12-10-15/h1-13H,(H,26,31). The maximum absolute atomic E-state index is 12.3. The lowest BCUT2D eigenvalue weighted by molar-refractivity contribution is 0.102. The van der Waals surface area contributed by atoms with E-state index < -0.39 is 0 Å². The zero-order valence-corrected chi connectivity index (χ0v) is 16.7. The van der Waals surface area contributed by atoms with E-state index in [1.807, 2.05) is 48.5 Å². The van der Waals surface area contributed by atoms with E-state index in [4.69, 9.17) is 16.7 Å². The number of nitrogens with one attached hydrogen (secondary N) is 1. The third-order valence-corrected chi connectivity index (χ3v) is 4.85. The normalized spacial score (nSPS) is 10.9. The molecule has 8 nitrogen and oxygen atoms in total. The van der Waals surface area contributed by atoms with Crippen molar-refractivity contribution < 1.29 is 4.79 Å². The van der Waals surface area contributed by atoms with Crippen LogP contribution in [0.25, 0.3) is 28.3 Å². The number of nitrogens with zero attached hydrogens (tertiary/aromatic N) is 6. The molecule has 0 spiro atoms. The molecule has 9 heteroatoms. The van der Waals surface area contributed by atoms with Crippen molar-refractivity contribution in [2.45, 2.75) is 0 Å². The average Bonchev–Trinajstić information content (AvgIpc) is 3.24. The zero-order chi connectivity index (χ0) is 21.2. The molecule has 0 aliphatic heterocycles. The minimum atomic E-state index is -0.261. The number of pyridine rings is 2. The lowest BCUT2D eigenvalue weighted by Gasteiger charge is -2.07. The van der Waals surface area contributed by atoms with Gasteiger partial charge in [0.25, 0.3) is 5.91 Å². The maximum atomic E-state index is 12.3. The number of fused-ring (bicyclic) bond motifs is 1. The number of aromatic nitrogens is 6. The van der Waals surface area contributed by atoms with Crippen LogP contribution in [0.3, 0.4) is 0 Å². The van der Waals surface area contributed by atoms with Crippen molar-refractivity contribution in [3.8, 4) is 22.6 Å². The number of amides is 1. The van der Waals surface area contributed by atoms with E-state index in [2.05, 4.69) is 25.5 Å².